The first kappa shape index (κ1) is 14.2. The smallest absolute Gasteiger partial charge is 0.261 e. The Morgan fingerprint density at radius 2 is 1.92 bits per heavy atom. The van der Waals surface area contributed by atoms with Gasteiger partial charge in [0.1, 0.15) is 0 Å². The van der Waals surface area contributed by atoms with Gasteiger partial charge in [-0.15, -0.1) is 6.58 Å². The van der Waals surface area contributed by atoms with Crippen LogP contribution in [0.3, 0.4) is 0 Å². The largest absolute Gasteiger partial charge is 0.393 e. The number of hydrogen-bond donors (Lipinski definition) is 2. The third-order valence-corrected chi connectivity index (χ3v) is 0.789. The fourth-order valence-electron chi connectivity index (χ4n) is 0.359. The van der Waals surface area contributed by atoms with Gasteiger partial charge in [-0.3, -0.25) is 4.55 Å². The van der Waals surface area contributed by atoms with Gasteiger partial charge in [0.15, 0.2) is 0 Å². The second-order valence-corrected chi connectivity index (χ2v) is 3.91. The van der Waals surface area contributed by atoms with Crippen LogP contribution in [-0.2, 0) is 10.1 Å². The fourth-order valence-corrected chi connectivity index (χ4v) is 0.359. The number of aliphatic hydroxyl groups excluding tert-OH is 1. The molecule has 5 heteroatoms. The molecule has 0 aliphatic heterocycles. The van der Waals surface area contributed by atoms with Crippen molar-refractivity contribution in [2.45, 2.75) is 25.9 Å². The summed E-state index contributed by atoms with van der Waals surface area (Å²) in [4.78, 5) is 0. The Bertz CT molecular complexity index is 185. The summed E-state index contributed by atoms with van der Waals surface area (Å²) < 4.78 is 25.9. The molecule has 0 aromatic rings. The maximum absolute atomic E-state index is 9.19. The van der Waals surface area contributed by atoms with E-state index in [1.807, 2.05) is 6.08 Å². The SMILES string of the molecule is C=CCCC(C)O.CS(=O)(=O)O. The van der Waals surface area contributed by atoms with Crippen LogP contribution >= 0.6 is 0 Å². The molecular weight excluding hydrogens is 180 g/mol. The molecule has 0 aliphatic carbocycles. The predicted octanol–water partition coefficient (Wildman–Crippen LogP) is 0.837. The molecule has 12 heavy (non-hydrogen) atoms. The molecule has 0 rings (SSSR count). The van der Waals surface area contributed by atoms with Crippen LogP contribution in [0.4, 0.5) is 0 Å². The van der Waals surface area contributed by atoms with Crippen molar-refractivity contribution in [3.8, 4) is 0 Å². The van der Waals surface area contributed by atoms with Gasteiger partial charge in [-0.1, -0.05) is 6.08 Å². The summed E-state index contributed by atoms with van der Waals surface area (Å²) in [7, 11) is -3.67. The Hall–Kier alpha value is -0.390. The lowest BCUT2D eigenvalue weighted by Crippen LogP contribution is -1.96. The lowest BCUT2D eigenvalue weighted by Gasteiger charge is -1.96. The van der Waals surface area contributed by atoms with E-state index in [1.165, 1.54) is 0 Å². The van der Waals surface area contributed by atoms with Gasteiger partial charge < -0.3 is 5.11 Å². The van der Waals surface area contributed by atoms with Crippen LogP contribution in [0.15, 0.2) is 12.7 Å². The summed E-state index contributed by atoms with van der Waals surface area (Å²) >= 11 is 0. The van der Waals surface area contributed by atoms with Crippen LogP contribution in [0.1, 0.15) is 19.8 Å². The molecule has 0 saturated heterocycles. The Kier molecular flexibility index (Phi) is 8.57. The number of hydrogen-bond acceptors (Lipinski definition) is 3. The zero-order valence-corrected chi connectivity index (χ0v) is 8.21. The normalized spacial score (nSPS) is 12.7. The maximum Gasteiger partial charge on any atom is 0.261 e. The summed E-state index contributed by atoms with van der Waals surface area (Å²) in [5, 5.41) is 8.64. The van der Waals surface area contributed by atoms with Crippen LogP contribution in [-0.4, -0.2) is 30.4 Å². The molecule has 0 heterocycles. The first-order valence-electron chi connectivity index (χ1n) is 3.48. The van der Waals surface area contributed by atoms with Gasteiger partial charge in [-0.05, 0) is 19.8 Å². The second kappa shape index (κ2) is 7.27. The van der Waals surface area contributed by atoms with E-state index < -0.39 is 10.1 Å². The van der Waals surface area contributed by atoms with E-state index >= 15 is 0 Å². The van der Waals surface area contributed by atoms with Crippen molar-refractivity contribution in [1.82, 2.24) is 0 Å². The molecule has 2 N–H and O–H groups in total. The summed E-state index contributed by atoms with van der Waals surface area (Å²) in [6.45, 7) is 5.30. The Morgan fingerprint density at radius 3 is 2.00 bits per heavy atom. The van der Waals surface area contributed by atoms with Crippen molar-refractivity contribution in [2.24, 2.45) is 0 Å². The molecule has 1 atom stereocenters. The molecule has 1 unspecified atom stereocenters. The molecular formula is C7H16O4S. The van der Waals surface area contributed by atoms with E-state index in [1.54, 1.807) is 6.92 Å². The summed E-state index contributed by atoms with van der Waals surface area (Å²) in [5.74, 6) is 0. The van der Waals surface area contributed by atoms with Crippen LogP contribution in [0.5, 0.6) is 0 Å². The van der Waals surface area contributed by atoms with Crippen molar-refractivity contribution in [3.63, 3.8) is 0 Å². The molecule has 0 aliphatic rings. The van der Waals surface area contributed by atoms with E-state index in [2.05, 4.69) is 6.58 Å². The van der Waals surface area contributed by atoms with Crippen LogP contribution < -0.4 is 0 Å². The Morgan fingerprint density at radius 1 is 1.58 bits per heavy atom. The van der Waals surface area contributed by atoms with Crippen molar-refractivity contribution in [3.05, 3.63) is 12.7 Å². The summed E-state index contributed by atoms with van der Waals surface area (Å²) in [6.07, 6.45) is 4.11. The van der Waals surface area contributed by atoms with Gasteiger partial charge in [0.25, 0.3) is 10.1 Å². The van der Waals surface area contributed by atoms with Gasteiger partial charge in [-0.25, -0.2) is 0 Å². The molecule has 0 aromatic heterocycles. The van der Waals surface area contributed by atoms with Gasteiger partial charge in [0.05, 0.1) is 12.4 Å². The summed E-state index contributed by atoms with van der Waals surface area (Å²) in [5.41, 5.74) is 0. The molecule has 0 aromatic carbocycles. The Balaban J connectivity index is 0. The van der Waals surface area contributed by atoms with E-state index in [9.17, 15) is 8.42 Å². The highest BCUT2D eigenvalue weighted by atomic mass is 32.2. The monoisotopic (exact) mass is 196 g/mol. The van der Waals surface area contributed by atoms with Gasteiger partial charge in [-0.2, -0.15) is 8.42 Å². The lowest BCUT2D eigenvalue weighted by molar-refractivity contribution is 0.186. The van der Waals surface area contributed by atoms with Crippen molar-refractivity contribution in [1.29, 1.82) is 0 Å². The minimum Gasteiger partial charge on any atom is -0.393 e. The zero-order chi connectivity index (χ0) is 10.2. The van der Waals surface area contributed by atoms with Crippen molar-refractivity contribution < 1.29 is 18.1 Å². The first-order valence-corrected chi connectivity index (χ1v) is 5.33. The molecule has 74 valence electrons. The Labute approximate surface area is 73.7 Å². The van der Waals surface area contributed by atoms with E-state index in [4.69, 9.17) is 9.66 Å². The third kappa shape index (κ3) is 54.7. The minimum atomic E-state index is -3.67. The highest BCUT2D eigenvalue weighted by molar-refractivity contribution is 7.85. The highest BCUT2D eigenvalue weighted by Gasteiger charge is 1.88. The molecule has 0 fully saturated rings. The highest BCUT2D eigenvalue weighted by Crippen LogP contribution is 1.93. The van der Waals surface area contributed by atoms with Crippen LogP contribution in [0.2, 0.25) is 0 Å². The van der Waals surface area contributed by atoms with Crippen molar-refractivity contribution >= 4 is 10.1 Å². The van der Waals surface area contributed by atoms with Gasteiger partial charge >= 0.3 is 0 Å². The van der Waals surface area contributed by atoms with E-state index in [-0.39, 0.29) is 6.10 Å². The second-order valence-electron chi connectivity index (χ2n) is 2.45. The standard InChI is InChI=1S/C6H12O.CH4O3S/c1-3-4-5-6(2)7;1-5(2,3)4/h3,6-7H,1,4-5H2,2H3;1H3,(H,2,3,4). The predicted molar refractivity (Wildman–Crippen MR) is 48.6 cm³/mol. The van der Waals surface area contributed by atoms with Crippen molar-refractivity contribution in [2.75, 3.05) is 6.26 Å². The summed E-state index contributed by atoms with van der Waals surface area (Å²) in [6, 6.07) is 0. The lowest BCUT2D eigenvalue weighted by atomic mass is 10.2. The number of allylic oxidation sites excluding steroid dienone is 1. The number of rotatable bonds is 3. The number of aliphatic hydroxyl groups is 1. The maximum atomic E-state index is 9.19. The quantitative estimate of drug-likeness (QED) is 0.518. The molecule has 0 saturated carbocycles. The average Bonchev–Trinajstić information content (AvgIpc) is 1.79. The molecule has 4 nitrogen and oxygen atoms in total. The topological polar surface area (TPSA) is 74.6 Å². The zero-order valence-electron chi connectivity index (χ0n) is 7.40. The minimum absolute atomic E-state index is 0.169. The average molecular weight is 196 g/mol. The van der Waals surface area contributed by atoms with Gasteiger partial charge in [0.2, 0.25) is 0 Å². The molecule has 0 amide bonds. The molecule has 0 spiro atoms. The van der Waals surface area contributed by atoms with Gasteiger partial charge in [0, 0.05) is 0 Å². The third-order valence-electron chi connectivity index (χ3n) is 0.789. The van der Waals surface area contributed by atoms with Crippen LogP contribution in [0, 0.1) is 0 Å². The van der Waals surface area contributed by atoms with E-state index in [0.29, 0.717) is 6.26 Å². The van der Waals surface area contributed by atoms with Crippen LogP contribution in [0.25, 0.3) is 0 Å². The molecule has 0 bridgehead atoms. The van der Waals surface area contributed by atoms with E-state index in [0.717, 1.165) is 12.8 Å². The molecule has 0 radical (unpaired) electrons. The fraction of sp³-hybridized carbons (Fsp3) is 0.714. The first-order chi connectivity index (χ1) is 5.27.